The summed E-state index contributed by atoms with van der Waals surface area (Å²) in [7, 11) is 1.80. The van der Waals surface area contributed by atoms with Gasteiger partial charge < -0.3 is 20.2 Å². The molecule has 0 saturated heterocycles. The molecule has 2 heterocycles. The SMILES string of the molecule is Cn1cnc2c(O/N=C/C(C)(C)CO)nc(N)nc21. The number of imidazole rings is 1. The van der Waals surface area contributed by atoms with Gasteiger partial charge in [0, 0.05) is 12.5 Å². The van der Waals surface area contributed by atoms with Crippen molar-refractivity contribution in [1.29, 1.82) is 0 Å². The fourth-order valence-electron chi connectivity index (χ4n) is 1.32. The summed E-state index contributed by atoms with van der Waals surface area (Å²) < 4.78 is 1.71. The number of rotatable bonds is 4. The van der Waals surface area contributed by atoms with Crippen LogP contribution in [0.25, 0.3) is 11.2 Å². The summed E-state index contributed by atoms with van der Waals surface area (Å²) in [4.78, 5) is 17.3. The molecule has 0 radical (unpaired) electrons. The van der Waals surface area contributed by atoms with Crippen LogP contribution in [0, 0.1) is 5.41 Å². The lowest BCUT2D eigenvalue weighted by Gasteiger charge is -2.13. The lowest BCUT2D eigenvalue weighted by molar-refractivity contribution is 0.212. The van der Waals surface area contributed by atoms with E-state index in [1.807, 2.05) is 13.8 Å². The number of nitrogens with zero attached hydrogens (tertiary/aromatic N) is 5. The van der Waals surface area contributed by atoms with Gasteiger partial charge in [0.05, 0.1) is 19.1 Å². The van der Waals surface area contributed by atoms with E-state index in [4.69, 9.17) is 15.7 Å². The molecule has 0 atom stereocenters. The third kappa shape index (κ3) is 2.79. The monoisotopic (exact) mass is 264 g/mol. The largest absolute Gasteiger partial charge is 0.395 e. The molecule has 0 bridgehead atoms. The molecular formula is C11H16N6O2. The number of oxime groups is 1. The first-order chi connectivity index (χ1) is 8.93. The maximum Gasteiger partial charge on any atom is 0.281 e. The maximum atomic E-state index is 9.10. The van der Waals surface area contributed by atoms with Crippen LogP contribution >= 0.6 is 0 Å². The first kappa shape index (κ1) is 13.2. The first-order valence-corrected chi connectivity index (χ1v) is 5.70. The number of aryl methyl sites for hydroxylation is 1. The smallest absolute Gasteiger partial charge is 0.281 e. The second-order valence-electron chi connectivity index (χ2n) is 4.89. The molecule has 0 aliphatic rings. The van der Waals surface area contributed by atoms with Crippen molar-refractivity contribution in [3.8, 4) is 5.88 Å². The molecule has 0 saturated carbocycles. The van der Waals surface area contributed by atoms with Crippen molar-refractivity contribution >= 4 is 23.3 Å². The topological polar surface area (TPSA) is 111 Å². The Morgan fingerprint density at radius 3 is 2.95 bits per heavy atom. The van der Waals surface area contributed by atoms with E-state index in [2.05, 4.69) is 20.1 Å². The van der Waals surface area contributed by atoms with Crippen molar-refractivity contribution in [2.75, 3.05) is 12.3 Å². The van der Waals surface area contributed by atoms with E-state index in [1.165, 1.54) is 6.21 Å². The predicted molar refractivity (Wildman–Crippen MR) is 70.7 cm³/mol. The van der Waals surface area contributed by atoms with Gasteiger partial charge in [-0.2, -0.15) is 9.97 Å². The minimum Gasteiger partial charge on any atom is -0.395 e. The van der Waals surface area contributed by atoms with Crippen LogP contribution < -0.4 is 10.6 Å². The van der Waals surface area contributed by atoms with E-state index in [0.717, 1.165) is 0 Å². The molecular weight excluding hydrogens is 248 g/mol. The number of aliphatic hydroxyl groups is 1. The Balaban J connectivity index is 2.31. The standard InChI is InChI=1S/C11H16N6O2/c1-11(2,5-18)4-14-19-9-7-8(15-10(12)16-9)17(3)6-13-7/h4,6,18H,5H2,1-3H3,(H2,12,15,16)/b14-4+. The highest BCUT2D eigenvalue weighted by atomic mass is 16.6. The van der Waals surface area contributed by atoms with Crippen LogP contribution in [0.4, 0.5) is 5.95 Å². The highest BCUT2D eigenvalue weighted by molar-refractivity contribution is 5.77. The molecule has 3 N–H and O–H groups in total. The molecule has 0 unspecified atom stereocenters. The van der Waals surface area contributed by atoms with Gasteiger partial charge in [0.25, 0.3) is 5.88 Å². The summed E-state index contributed by atoms with van der Waals surface area (Å²) >= 11 is 0. The Kier molecular flexibility index (Phi) is 3.34. The molecule has 2 aromatic rings. The van der Waals surface area contributed by atoms with Crippen LogP contribution in [0.1, 0.15) is 13.8 Å². The third-order valence-corrected chi connectivity index (χ3v) is 2.49. The van der Waals surface area contributed by atoms with Crippen LogP contribution in [-0.4, -0.2) is 37.4 Å². The Hall–Kier alpha value is -2.22. The van der Waals surface area contributed by atoms with E-state index in [-0.39, 0.29) is 18.4 Å². The number of hydrogen-bond acceptors (Lipinski definition) is 7. The maximum absolute atomic E-state index is 9.10. The van der Waals surface area contributed by atoms with Gasteiger partial charge in [-0.3, -0.25) is 0 Å². The summed E-state index contributed by atoms with van der Waals surface area (Å²) in [5.74, 6) is 0.274. The van der Waals surface area contributed by atoms with Crippen LogP contribution in [-0.2, 0) is 7.05 Å². The van der Waals surface area contributed by atoms with Crippen molar-refractivity contribution in [2.45, 2.75) is 13.8 Å². The van der Waals surface area contributed by atoms with Crippen LogP contribution in [0.5, 0.6) is 5.88 Å². The molecule has 102 valence electrons. The Labute approximate surface area is 109 Å². The zero-order chi connectivity index (χ0) is 14.0. The molecule has 2 rings (SSSR count). The van der Waals surface area contributed by atoms with E-state index in [1.54, 1.807) is 17.9 Å². The average molecular weight is 264 g/mol. The second-order valence-corrected chi connectivity index (χ2v) is 4.89. The minimum absolute atomic E-state index is 0.0369. The Bertz CT molecular complexity index is 619. The molecule has 0 aromatic carbocycles. The van der Waals surface area contributed by atoms with E-state index in [9.17, 15) is 0 Å². The van der Waals surface area contributed by atoms with Crippen LogP contribution in [0.2, 0.25) is 0 Å². The molecule has 0 fully saturated rings. The van der Waals surface area contributed by atoms with Crippen LogP contribution in [0.3, 0.4) is 0 Å². The van der Waals surface area contributed by atoms with Gasteiger partial charge in [-0.25, -0.2) is 4.98 Å². The average Bonchev–Trinajstić information content (AvgIpc) is 2.71. The minimum atomic E-state index is -0.470. The molecule has 0 aliphatic carbocycles. The number of aromatic nitrogens is 4. The molecule has 0 amide bonds. The summed E-state index contributed by atoms with van der Waals surface area (Å²) in [6, 6.07) is 0. The number of hydrogen-bond donors (Lipinski definition) is 2. The van der Waals surface area contributed by atoms with Gasteiger partial charge in [-0.15, -0.1) is 0 Å². The number of nitrogens with two attached hydrogens (primary N) is 1. The highest BCUT2D eigenvalue weighted by Gasteiger charge is 2.15. The summed E-state index contributed by atoms with van der Waals surface area (Å²) in [5.41, 5.74) is 6.18. The van der Waals surface area contributed by atoms with E-state index >= 15 is 0 Å². The molecule has 0 aliphatic heterocycles. The van der Waals surface area contributed by atoms with Gasteiger partial charge in [-0.1, -0.05) is 19.0 Å². The number of fused-ring (bicyclic) bond motifs is 1. The van der Waals surface area contributed by atoms with Crippen molar-refractivity contribution < 1.29 is 9.94 Å². The van der Waals surface area contributed by atoms with Crippen molar-refractivity contribution in [3.63, 3.8) is 0 Å². The molecule has 2 aromatic heterocycles. The zero-order valence-corrected chi connectivity index (χ0v) is 11.0. The molecule has 19 heavy (non-hydrogen) atoms. The van der Waals surface area contributed by atoms with Crippen LogP contribution in [0.15, 0.2) is 11.5 Å². The zero-order valence-electron chi connectivity index (χ0n) is 11.0. The third-order valence-electron chi connectivity index (χ3n) is 2.49. The molecule has 8 heteroatoms. The lowest BCUT2D eigenvalue weighted by atomic mass is 9.97. The van der Waals surface area contributed by atoms with E-state index in [0.29, 0.717) is 11.2 Å². The van der Waals surface area contributed by atoms with Crippen molar-refractivity contribution in [1.82, 2.24) is 19.5 Å². The van der Waals surface area contributed by atoms with Gasteiger partial charge in [0.2, 0.25) is 5.95 Å². The molecule has 0 spiro atoms. The summed E-state index contributed by atoms with van der Waals surface area (Å²) in [5, 5.41) is 12.9. The van der Waals surface area contributed by atoms with Gasteiger partial charge in [-0.05, 0) is 0 Å². The van der Waals surface area contributed by atoms with Gasteiger partial charge in [0.1, 0.15) is 0 Å². The number of aliphatic hydroxyl groups excluding tert-OH is 1. The number of nitrogen functional groups attached to an aromatic ring is 1. The summed E-state index contributed by atoms with van der Waals surface area (Å²) in [6.45, 7) is 3.61. The van der Waals surface area contributed by atoms with Gasteiger partial charge >= 0.3 is 0 Å². The predicted octanol–water partition coefficient (Wildman–Crippen LogP) is 0.329. The van der Waals surface area contributed by atoms with Gasteiger partial charge in [0.15, 0.2) is 11.2 Å². The Morgan fingerprint density at radius 2 is 2.26 bits per heavy atom. The fraction of sp³-hybridized carbons (Fsp3) is 0.455. The van der Waals surface area contributed by atoms with Crippen molar-refractivity contribution in [3.05, 3.63) is 6.33 Å². The molecule has 8 nitrogen and oxygen atoms in total. The fourth-order valence-corrected chi connectivity index (χ4v) is 1.32. The first-order valence-electron chi connectivity index (χ1n) is 5.70. The normalized spacial score (nSPS) is 12.4. The quantitative estimate of drug-likeness (QED) is 0.608. The lowest BCUT2D eigenvalue weighted by Crippen LogP contribution is -2.18. The highest BCUT2D eigenvalue weighted by Crippen LogP contribution is 2.21. The summed E-state index contributed by atoms with van der Waals surface area (Å²) in [6.07, 6.45) is 3.09. The Morgan fingerprint density at radius 1 is 1.53 bits per heavy atom. The number of anilines is 1. The second kappa shape index (κ2) is 4.81. The van der Waals surface area contributed by atoms with Crippen molar-refractivity contribution in [2.24, 2.45) is 17.6 Å². The van der Waals surface area contributed by atoms with E-state index < -0.39 is 5.41 Å².